The Morgan fingerprint density at radius 2 is 1.88 bits per heavy atom. The first-order valence-corrected chi connectivity index (χ1v) is 11.4. The summed E-state index contributed by atoms with van der Waals surface area (Å²) in [6, 6.07) is 15.6. The Morgan fingerprint density at radius 1 is 1.12 bits per heavy atom. The lowest BCUT2D eigenvalue weighted by Crippen LogP contribution is -2.37. The van der Waals surface area contributed by atoms with E-state index in [1.165, 1.54) is 11.8 Å². The van der Waals surface area contributed by atoms with E-state index in [1.807, 2.05) is 36.7 Å². The average Bonchev–Trinajstić information content (AvgIpc) is 2.85. The molecule has 32 heavy (non-hydrogen) atoms. The summed E-state index contributed by atoms with van der Waals surface area (Å²) < 4.78 is 0. The van der Waals surface area contributed by atoms with Gasteiger partial charge in [0, 0.05) is 36.9 Å². The maximum Gasteiger partial charge on any atom is 0.258 e. The third-order valence-electron chi connectivity index (χ3n) is 6.11. The van der Waals surface area contributed by atoms with Crippen LogP contribution in [0, 0.1) is 5.92 Å². The molecule has 166 valence electrons. The molecule has 0 spiro atoms. The SMILES string of the molecule is CC(c1ccncc1)N1CCC(CNc2ccccc2C(=O)Nc2ccc(Cl)cn2)CC1. The number of nitrogens with one attached hydrogen (secondary N) is 2. The molecule has 1 atom stereocenters. The smallest absolute Gasteiger partial charge is 0.258 e. The molecule has 4 rings (SSSR count). The third-order valence-corrected chi connectivity index (χ3v) is 6.33. The summed E-state index contributed by atoms with van der Waals surface area (Å²) in [5.41, 5.74) is 2.76. The van der Waals surface area contributed by atoms with Crippen LogP contribution in [0.15, 0.2) is 67.1 Å². The largest absolute Gasteiger partial charge is 0.384 e. The molecule has 0 radical (unpaired) electrons. The number of carbonyl (C=O) groups is 1. The van der Waals surface area contributed by atoms with Crippen LogP contribution in [-0.4, -0.2) is 40.4 Å². The molecule has 1 amide bonds. The minimum Gasteiger partial charge on any atom is -0.384 e. The van der Waals surface area contributed by atoms with Gasteiger partial charge in [-0.3, -0.25) is 14.7 Å². The highest BCUT2D eigenvalue weighted by molar-refractivity contribution is 6.30. The van der Waals surface area contributed by atoms with E-state index < -0.39 is 0 Å². The van der Waals surface area contributed by atoms with Crippen LogP contribution in [0.3, 0.4) is 0 Å². The van der Waals surface area contributed by atoms with Crippen LogP contribution in [-0.2, 0) is 0 Å². The Bertz CT molecular complexity index is 1020. The van der Waals surface area contributed by atoms with Crippen molar-refractivity contribution in [1.29, 1.82) is 0 Å². The molecular weight excluding hydrogens is 422 g/mol. The van der Waals surface area contributed by atoms with E-state index in [9.17, 15) is 4.79 Å². The normalized spacial score (nSPS) is 15.8. The minimum atomic E-state index is -0.191. The first kappa shape index (κ1) is 22.2. The Labute approximate surface area is 194 Å². The summed E-state index contributed by atoms with van der Waals surface area (Å²) >= 11 is 5.87. The number of hydrogen-bond donors (Lipinski definition) is 2. The number of rotatable bonds is 7. The molecule has 2 N–H and O–H groups in total. The molecule has 7 heteroatoms. The van der Waals surface area contributed by atoms with Crippen molar-refractivity contribution >= 4 is 29.0 Å². The number of amides is 1. The lowest BCUT2D eigenvalue weighted by Gasteiger charge is -2.36. The van der Waals surface area contributed by atoms with Crippen molar-refractivity contribution in [2.75, 3.05) is 30.3 Å². The topological polar surface area (TPSA) is 70.2 Å². The lowest BCUT2D eigenvalue weighted by atomic mass is 9.94. The maximum absolute atomic E-state index is 12.8. The molecule has 1 fully saturated rings. The molecule has 0 bridgehead atoms. The summed E-state index contributed by atoms with van der Waals surface area (Å²) in [4.78, 5) is 23.6. The number of benzene rings is 1. The van der Waals surface area contributed by atoms with Gasteiger partial charge in [0.15, 0.2) is 0 Å². The van der Waals surface area contributed by atoms with E-state index in [1.54, 1.807) is 12.1 Å². The van der Waals surface area contributed by atoms with E-state index in [2.05, 4.69) is 44.6 Å². The second kappa shape index (κ2) is 10.6. The maximum atomic E-state index is 12.8. The van der Waals surface area contributed by atoms with Crippen LogP contribution in [0.5, 0.6) is 0 Å². The molecule has 0 aliphatic carbocycles. The molecule has 3 heterocycles. The number of carbonyl (C=O) groups excluding carboxylic acids is 1. The molecule has 1 saturated heterocycles. The zero-order valence-electron chi connectivity index (χ0n) is 18.2. The number of halogens is 1. The highest BCUT2D eigenvalue weighted by atomic mass is 35.5. The molecule has 1 aliphatic rings. The van der Waals surface area contributed by atoms with Crippen LogP contribution in [0.2, 0.25) is 5.02 Å². The summed E-state index contributed by atoms with van der Waals surface area (Å²) in [6.07, 6.45) is 7.50. The Morgan fingerprint density at radius 3 is 2.59 bits per heavy atom. The third kappa shape index (κ3) is 5.64. The molecule has 1 aromatic carbocycles. The van der Waals surface area contributed by atoms with E-state index in [0.29, 0.717) is 28.4 Å². The molecule has 3 aromatic rings. The van der Waals surface area contributed by atoms with Gasteiger partial charge in [-0.2, -0.15) is 0 Å². The van der Waals surface area contributed by atoms with E-state index in [-0.39, 0.29) is 5.91 Å². The lowest BCUT2D eigenvalue weighted by molar-refractivity contribution is 0.102. The highest BCUT2D eigenvalue weighted by Gasteiger charge is 2.24. The van der Waals surface area contributed by atoms with Crippen molar-refractivity contribution in [3.63, 3.8) is 0 Å². The molecular formula is C25H28ClN5O. The van der Waals surface area contributed by atoms with Gasteiger partial charge in [-0.05, 0) is 80.7 Å². The van der Waals surface area contributed by atoms with Crippen LogP contribution in [0.4, 0.5) is 11.5 Å². The quantitative estimate of drug-likeness (QED) is 0.514. The van der Waals surface area contributed by atoms with Gasteiger partial charge in [0.1, 0.15) is 5.82 Å². The number of pyridine rings is 2. The number of hydrogen-bond acceptors (Lipinski definition) is 5. The van der Waals surface area contributed by atoms with Gasteiger partial charge in [0.2, 0.25) is 0 Å². The van der Waals surface area contributed by atoms with Crippen LogP contribution in [0.25, 0.3) is 0 Å². The first-order valence-electron chi connectivity index (χ1n) is 11.0. The van der Waals surface area contributed by atoms with E-state index in [4.69, 9.17) is 11.6 Å². The van der Waals surface area contributed by atoms with Crippen molar-refractivity contribution in [3.05, 3.63) is 83.3 Å². The Kier molecular flexibility index (Phi) is 7.35. The van der Waals surface area contributed by atoms with Crippen LogP contribution >= 0.6 is 11.6 Å². The molecule has 0 saturated carbocycles. The number of anilines is 2. The second-order valence-electron chi connectivity index (χ2n) is 8.18. The van der Waals surface area contributed by atoms with Crippen molar-refractivity contribution in [3.8, 4) is 0 Å². The molecule has 6 nitrogen and oxygen atoms in total. The number of piperidine rings is 1. The molecule has 1 aliphatic heterocycles. The number of para-hydroxylation sites is 1. The van der Waals surface area contributed by atoms with Gasteiger partial charge in [-0.1, -0.05) is 23.7 Å². The first-order chi connectivity index (χ1) is 15.6. The second-order valence-corrected chi connectivity index (χ2v) is 8.61. The minimum absolute atomic E-state index is 0.191. The fraction of sp³-hybridized carbons (Fsp3) is 0.320. The summed E-state index contributed by atoms with van der Waals surface area (Å²) in [5.74, 6) is 0.860. The average molecular weight is 450 g/mol. The van der Waals surface area contributed by atoms with Gasteiger partial charge in [-0.25, -0.2) is 4.98 Å². The number of aromatic nitrogens is 2. The van der Waals surface area contributed by atoms with Crippen LogP contribution < -0.4 is 10.6 Å². The van der Waals surface area contributed by atoms with E-state index >= 15 is 0 Å². The number of nitrogens with zero attached hydrogens (tertiary/aromatic N) is 3. The fourth-order valence-electron chi connectivity index (χ4n) is 4.12. The summed E-state index contributed by atoms with van der Waals surface area (Å²) in [6.45, 7) is 5.25. The van der Waals surface area contributed by atoms with Crippen LogP contribution in [0.1, 0.15) is 41.7 Å². The van der Waals surface area contributed by atoms with Gasteiger partial charge < -0.3 is 10.6 Å². The van der Waals surface area contributed by atoms with Crippen molar-refractivity contribution in [1.82, 2.24) is 14.9 Å². The van der Waals surface area contributed by atoms with Gasteiger partial charge in [0.05, 0.1) is 10.6 Å². The zero-order chi connectivity index (χ0) is 22.3. The predicted octanol–water partition coefficient (Wildman–Crippen LogP) is 5.27. The van der Waals surface area contributed by atoms with Gasteiger partial charge in [-0.15, -0.1) is 0 Å². The number of likely N-dealkylation sites (tertiary alicyclic amines) is 1. The predicted molar refractivity (Wildman–Crippen MR) is 129 cm³/mol. The highest BCUT2D eigenvalue weighted by Crippen LogP contribution is 2.27. The summed E-state index contributed by atoms with van der Waals surface area (Å²) in [5, 5.41) is 6.88. The van der Waals surface area contributed by atoms with Crippen molar-refractivity contribution in [2.45, 2.75) is 25.8 Å². The standard InChI is InChI=1S/C25H28ClN5O/c1-18(20-8-12-27-13-9-20)31-14-10-19(11-15-31)16-28-23-5-3-2-4-22(23)25(32)30-24-7-6-21(26)17-29-24/h2-9,12-13,17-19,28H,10-11,14-16H2,1H3,(H,29,30,32). The monoisotopic (exact) mass is 449 g/mol. The van der Waals surface area contributed by atoms with Gasteiger partial charge in [0.25, 0.3) is 5.91 Å². The fourth-order valence-corrected chi connectivity index (χ4v) is 4.23. The van der Waals surface area contributed by atoms with Crippen molar-refractivity contribution < 1.29 is 4.79 Å². The van der Waals surface area contributed by atoms with E-state index in [0.717, 1.165) is 38.2 Å². The summed E-state index contributed by atoms with van der Waals surface area (Å²) in [7, 11) is 0. The van der Waals surface area contributed by atoms with Crippen molar-refractivity contribution in [2.24, 2.45) is 5.92 Å². The Balaban J connectivity index is 1.31. The Hall–Kier alpha value is -2.96. The van der Waals surface area contributed by atoms with Gasteiger partial charge >= 0.3 is 0 Å². The molecule has 2 aromatic heterocycles. The molecule has 1 unspecified atom stereocenters. The zero-order valence-corrected chi connectivity index (χ0v) is 18.9.